The molecule has 0 radical (unpaired) electrons. The fourth-order valence-electron chi connectivity index (χ4n) is 1.94. The number of anilines is 1. The molecule has 0 saturated heterocycles. The van der Waals surface area contributed by atoms with E-state index in [0.717, 1.165) is 12.0 Å². The van der Waals surface area contributed by atoms with E-state index in [4.69, 9.17) is 0 Å². The lowest BCUT2D eigenvalue weighted by Gasteiger charge is -2.22. The van der Waals surface area contributed by atoms with Crippen molar-refractivity contribution in [3.05, 3.63) is 28.0 Å². The summed E-state index contributed by atoms with van der Waals surface area (Å²) < 4.78 is 14.7. The van der Waals surface area contributed by atoms with Crippen LogP contribution in [0.5, 0.6) is 0 Å². The van der Waals surface area contributed by atoms with Crippen molar-refractivity contribution in [1.82, 2.24) is 5.32 Å². The molecule has 2 amide bonds. The molecule has 0 unspecified atom stereocenters. The maximum absolute atomic E-state index is 14.0. The molecule has 0 atom stereocenters. The number of urea groups is 1. The van der Waals surface area contributed by atoms with Crippen LogP contribution < -0.4 is 10.6 Å². The molecule has 0 saturated carbocycles. The lowest BCUT2D eigenvalue weighted by atomic mass is 9.87. The van der Waals surface area contributed by atoms with Gasteiger partial charge in [0.15, 0.2) is 0 Å². The Bertz CT molecular complexity index is 545. The van der Waals surface area contributed by atoms with Crippen LogP contribution in [-0.2, 0) is 5.41 Å². The molecule has 0 aliphatic carbocycles. The van der Waals surface area contributed by atoms with Crippen LogP contribution in [0.25, 0.3) is 0 Å². The zero-order valence-corrected chi connectivity index (χ0v) is 15.8. The maximum atomic E-state index is 14.0. The van der Waals surface area contributed by atoms with Gasteiger partial charge in [-0.05, 0) is 34.9 Å². The van der Waals surface area contributed by atoms with E-state index in [9.17, 15) is 9.18 Å². The third-order valence-electron chi connectivity index (χ3n) is 3.27. The summed E-state index contributed by atoms with van der Waals surface area (Å²) in [6.45, 7) is 13.0. The molecule has 1 aromatic carbocycles. The molecular formula is C17H26BrFN2O. The number of carbonyl (C=O) groups excluding carboxylic acids is 1. The van der Waals surface area contributed by atoms with Gasteiger partial charge in [-0.15, -0.1) is 0 Å². The first-order valence-corrected chi connectivity index (χ1v) is 8.24. The Balaban J connectivity index is 2.79. The van der Waals surface area contributed by atoms with Crippen LogP contribution in [0.15, 0.2) is 16.6 Å². The van der Waals surface area contributed by atoms with E-state index in [1.165, 1.54) is 6.07 Å². The van der Waals surface area contributed by atoms with E-state index < -0.39 is 5.82 Å². The normalized spacial score (nSPS) is 12.2. The van der Waals surface area contributed by atoms with Crippen LogP contribution in [-0.4, -0.2) is 12.6 Å². The number of hydrogen-bond donors (Lipinski definition) is 2. The highest BCUT2D eigenvalue weighted by Gasteiger charge is 2.20. The molecule has 1 aromatic rings. The van der Waals surface area contributed by atoms with E-state index in [-0.39, 0.29) is 22.5 Å². The molecule has 0 spiro atoms. The van der Waals surface area contributed by atoms with Crippen molar-refractivity contribution >= 4 is 27.6 Å². The number of amides is 2. The largest absolute Gasteiger partial charge is 0.338 e. The quantitative estimate of drug-likeness (QED) is 0.728. The zero-order chi connectivity index (χ0) is 17.1. The summed E-state index contributed by atoms with van der Waals surface area (Å²) >= 11 is 3.38. The van der Waals surface area contributed by atoms with E-state index in [2.05, 4.69) is 47.3 Å². The average Bonchev–Trinajstić information content (AvgIpc) is 2.29. The van der Waals surface area contributed by atoms with Gasteiger partial charge in [-0.3, -0.25) is 0 Å². The molecule has 22 heavy (non-hydrogen) atoms. The van der Waals surface area contributed by atoms with Gasteiger partial charge in [-0.1, -0.05) is 57.5 Å². The summed E-state index contributed by atoms with van der Waals surface area (Å²) in [5.41, 5.74) is 1.14. The smallest absolute Gasteiger partial charge is 0.319 e. The fraction of sp³-hybridized carbons (Fsp3) is 0.588. The Morgan fingerprint density at radius 1 is 1.18 bits per heavy atom. The molecule has 0 aromatic heterocycles. The van der Waals surface area contributed by atoms with Crippen LogP contribution in [0.2, 0.25) is 0 Å². The Morgan fingerprint density at radius 3 is 2.27 bits per heavy atom. The molecule has 3 nitrogen and oxygen atoms in total. The van der Waals surface area contributed by atoms with Gasteiger partial charge in [0.05, 0.1) is 5.69 Å². The maximum Gasteiger partial charge on any atom is 0.319 e. The standard InChI is InChI=1S/C17H26BrFN2O/c1-16(2,3)7-8-20-15(22)21-14-9-11(17(4,5)6)12(18)10-13(14)19/h9-10H,7-8H2,1-6H3,(H2,20,21,22). The molecule has 0 aliphatic rings. The van der Waals surface area contributed by atoms with Gasteiger partial charge in [0.25, 0.3) is 0 Å². The SMILES string of the molecule is CC(C)(C)CCNC(=O)Nc1cc(C(C)(C)C)c(Br)cc1F. The number of hydrogen-bond acceptors (Lipinski definition) is 1. The molecule has 0 bridgehead atoms. The van der Waals surface area contributed by atoms with Crippen LogP contribution in [0, 0.1) is 11.2 Å². The lowest BCUT2D eigenvalue weighted by molar-refractivity contribution is 0.250. The van der Waals surface area contributed by atoms with Crippen LogP contribution in [0.1, 0.15) is 53.5 Å². The number of rotatable bonds is 3. The summed E-state index contributed by atoms with van der Waals surface area (Å²) in [4.78, 5) is 11.9. The second-order valence-electron chi connectivity index (χ2n) is 7.75. The Labute approximate surface area is 141 Å². The molecule has 0 heterocycles. The topological polar surface area (TPSA) is 41.1 Å². The highest BCUT2D eigenvalue weighted by atomic mass is 79.9. The summed E-state index contributed by atoms with van der Waals surface area (Å²) in [7, 11) is 0. The minimum absolute atomic E-state index is 0.147. The molecule has 0 aliphatic heterocycles. The van der Waals surface area contributed by atoms with E-state index >= 15 is 0 Å². The highest BCUT2D eigenvalue weighted by molar-refractivity contribution is 9.10. The summed E-state index contributed by atoms with van der Waals surface area (Å²) in [6, 6.07) is 2.69. The zero-order valence-electron chi connectivity index (χ0n) is 14.2. The van der Waals surface area contributed by atoms with Gasteiger partial charge in [0.2, 0.25) is 0 Å². The third-order valence-corrected chi connectivity index (χ3v) is 3.93. The first-order valence-electron chi connectivity index (χ1n) is 7.44. The molecular weight excluding hydrogens is 347 g/mol. The minimum atomic E-state index is -0.453. The van der Waals surface area contributed by atoms with Crippen LogP contribution in [0.3, 0.4) is 0 Å². The number of nitrogens with one attached hydrogen (secondary N) is 2. The average molecular weight is 373 g/mol. The van der Waals surface area contributed by atoms with Gasteiger partial charge >= 0.3 is 6.03 Å². The monoisotopic (exact) mass is 372 g/mol. The van der Waals surface area contributed by atoms with Gasteiger partial charge in [0.1, 0.15) is 5.82 Å². The van der Waals surface area contributed by atoms with Crippen molar-refractivity contribution in [2.45, 2.75) is 53.4 Å². The molecule has 5 heteroatoms. The van der Waals surface area contributed by atoms with Crippen molar-refractivity contribution < 1.29 is 9.18 Å². The van der Waals surface area contributed by atoms with E-state index in [1.807, 2.05) is 20.8 Å². The highest BCUT2D eigenvalue weighted by Crippen LogP contribution is 2.33. The number of benzene rings is 1. The van der Waals surface area contributed by atoms with Gasteiger partial charge in [-0.2, -0.15) is 0 Å². The van der Waals surface area contributed by atoms with Crippen LogP contribution in [0.4, 0.5) is 14.9 Å². The Morgan fingerprint density at radius 2 is 1.77 bits per heavy atom. The van der Waals surface area contributed by atoms with Crippen molar-refractivity contribution in [2.75, 3.05) is 11.9 Å². The van der Waals surface area contributed by atoms with Crippen molar-refractivity contribution in [1.29, 1.82) is 0 Å². The fourth-order valence-corrected chi connectivity index (χ4v) is 2.85. The van der Waals surface area contributed by atoms with Gasteiger partial charge in [0, 0.05) is 11.0 Å². The van der Waals surface area contributed by atoms with E-state index in [1.54, 1.807) is 6.07 Å². The number of carbonyl (C=O) groups is 1. The lowest BCUT2D eigenvalue weighted by Crippen LogP contribution is -2.31. The molecule has 0 fully saturated rings. The summed E-state index contributed by atoms with van der Waals surface area (Å²) in [5, 5.41) is 5.35. The molecule has 1 rings (SSSR count). The second-order valence-corrected chi connectivity index (χ2v) is 8.61. The van der Waals surface area contributed by atoms with Crippen LogP contribution >= 0.6 is 15.9 Å². The van der Waals surface area contributed by atoms with E-state index in [0.29, 0.717) is 11.0 Å². The second kappa shape index (κ2) is 6.99. The van der Waals surface area contributed by atoms with Crippen molar-refractivity contribution in [2.24, 2.45) is 5.41 Å². The Hall–Kier alpha value is -1.10. The minimum Gasteiger partial charge on any atom is -0.338 e. The predicted molar refractivity (Wildman–Crippen MR) is 93.9 cm³/mol. The van der Waals surface area contributed by atoms with Gasteiger partial charge in [-0.25, -0.2) is 9.18 Å². The Kier molecular flexibility index (Phi) is 6.02. The predicted octanol–water partition coefficient (Wildman–Crippen LogP) is 5.44. The first kappa shape index (κ1) is 18.9. The summed E-state index contributed by atoms with van der Waals surface area (Å²) in [5.74, 6) is -0.453. The number of halogens is 2. The summed E-state index contributed by atoms with van der Waals surface area (Å²) in [6.07, 6.45) is 0.858. The molecule has 124 valence electrons. The van der Waals surface area contributed by atoms with Crippen molar-refractivity contribution in [3.8, 4) is 0 Å². The van der Waals surface area contributed by atoms with Crippen molar-refractivity contribution in [3.63, 3.8) is 0 Å². The third kappa shape index (κ3) is 5.95. The molecule has 2 N–H and O–H groups in total. The van der Waals surface area contributed by atoms with Gasteiger partial charge < -0.3 is 10.6 Å². The first-order chi connectivity index (χ1) is 9.90.